The van der Waals surface area contributed by atoms with Gasteiger partial charge in [0.1, 0.15) is 6.26 Å². The quantitative estimate of drug-likeness (QED) is 0.654. The first-order valence-corrected chi connectivity index (χ1v) is 6.91. The van der Waals surface area contributed by atoms with Gasteiger partial charge in [-0.15, -0.1) is 5.10 Å². The van der Waals surface area contributed by atoms with Crippen LogP contribution in [0.2, 0.25) is 0 Å². The smallest absolute Gasteiger partial charge is 0.157 e. The van der Waals surface area contributed by atoms with Crippen LogP contribution in [-0.4, -0.2) is 30.6 Å². The molecule has 0 saturated carbocycles. The van der Waals surface area contributed by atoms with Crippen molar-refractivity contribution in [1.29, 1.82) is 0 Å². The summed E-state index contributed by atoms with van der Waals surface area (Å²) < 4.78 is 12.9. The summed E-state index contributed by atoms with van der Waals surface area (Å²) in [6.07, 6.45) is 5.09. The van der Waals surface area contributed by atoms with Crippen LogP contribution in [0.3, 0.4) is 0 Å². The summed E-state index contributed by atoms with van der Waals surface area (Å²) in [7, 11) is 0. The fraction of sp³-hybridized carbons (Fsp3) is 0.0833. The molecule has 5 nitrogen and oxygen atoms in total. The number of rotatable bonds is 2. The SMILES string of the molecule is C[S+]([O-])c1ccc(-c2cn3nnccc3n2)cc1. The first-order valence-electron chi connectivity index (χ1n) is 5.35. The fourth-order valence-electron chi connectivity index (χ4n) is 1.71. The lowest BCUT2D eigenvalue weighted by atomic mass is 10.2. The van der Waals surface area contributed by atoms with E-state index in [2.05, 4.69) is 15.3 Å². The Morgan fingerprint density at radius 3 is 2.61 bits per heavy atom. The first kappa shape index (κ1) is 11.2. The molecular weight excluding hydrogens is 248 g/mol. The van der Waals surface area contributed by atoms with Crippen LogP contribution in [0, 0.1) is 0 Å². The predicted octanol–water partition coefficient (Wildman–Crippen LogP) is 1.53. The van der Waals surface area contributed by atoms with Gasteiger partial charge in [-0.2, -0.15) is 0 Å². The van der Waals surface area contributed by atoms with Gasteiger partial charge in [0.05, 0.1) is 18.1 Å². The highest BCUT2D eigenvalue weighted by Gasteiger charge is 2.07. The summed E-state index contributed by atoms with van der Waals surface area (Å²) in [6.45, 7) is 0. The maximum Gasteiger partial charge on any atom is 0.157 e. The van der Waals surface area contributed by atoms with Gasteiger partial charge < -0.3 is 4.55 Å². The van der Waals surface area contributed by atoms with Gasteiger partial charge in [0.15, 0.2) is 10.5 Å². The minimum Gasteiger partial charge on any atom is -0.612 e. The van der Waals surface area contributed by atoms with Crippen LogP contribution >= 0.6 is 0 Å². The average Bonchev–Trinajstić information content (AvgIpc) is 2.82. The van der Waals surface area contributed by atoms with Crippen LogP contribution in [0.1, 0.15) is 0 Å². The monoisotopic (exact) mass is 258 g/mol. The maximum absolute atomic E-state index is 11.3. The molecular formula is C12H10N4OS. The molecule has 18 heavy (non-hydrogen) atoms. The van der Waals surface area contributed by atoms with Crippen molar-refractivity contribution < 1.29 is 4.55 Å². The molecule has 2 heterocycles. The summed E-state index contributed by atoms with van der Waals surface area (Å²) in [5.74, 6) is 0. The van der Waals surface area contributed by atoms with E-state index in [1.165, 1.54) is 0 Å². The molecule has 90 valence electrons. The van der Waals surface area contributed by atoms with Crippen LogP contribution in [-0.2, 0) is 11.2 Å². The van der Waals surface area contributed by atoms with Gasteiger partial charge in [-0.25, -0.2) is 9.50 Å². The van der Waals surface area contributed by atoms with Crippen LogP contribution in [0.5, 0.6) is 0 Å². The van der Waals surface area contributed by atoms with Gasteiger partial charge in [-0.1, -0.05) is 5.21 Å². The number of fused-ring (bicyclic) bond motifs is 1. The minimum atomic E-state index is -0.956. The van der Waals surface area contributed by atoms with Crippen molar-refractivity contribution in [2.45, 2.75) is 4.90 Å². The third kappa shape index (κ3) is 1.96. The molecule has 3 aromatic rings. The zero-order valence-electron chi connectivity index (χ0n) is 9.65. The Morgan fingerprint density at radius 1 is 1.17 bits per heavy atom. The maximum atomic E-state index is 11.3. The van der Waals surface area contributed by atoms with Gasteiger partial charge in [0, 0.05) is 11.6 Å². The third-order valence-electron chi connectivity index (χ3n) is 2.63. The second kappa shape index (κ2) is 4.40. The molecule has 0 aliphatic rings. The average molecular weight is 258 g/mol. The Hall–Kier alpha value is -1.92. The van der Waals surface area contributed by atoms with E-state index >= 15 is 0 Å². The van der Waals surface area contributed by atoms with Gasteiger partial charge in [0.25, 0.3) is 0 Å². The molecule has 0 spiro atoms. The molecule has 0 aliphatic heterocycles. The molecule has 0 N–H and O–H groups in total. The normalized spacial score (nSPS) is 12.8. The summed E-state index contributed by atoms with van der Waals surface area (Å²) in [6, 6.07) is 9.31. The van der Waals surface area contributed by atoms with E-state index in [-0.39, 0.29) is 0 Å². The van der Waals surface area contributed by atoms with Crippen molar-refractivity contribution in [3.8, 4) is 11.3 Å². The molecule has 1 unspecified atom stereocenters. The number of aromatic nitrogens is 4. The van der Waals surface area contributed by atoms with Gasteiger partial charge in [-0.05, 0) is 35.4 Å². The number of hydrogen-bond donors (Lipinski definition) is 0. The summed E-state index contributed by atoms with van der Waals surface area (Å²) in [4.78, 5) is 5.25. The molecule has 0 bridgehead atoms. The number of imidazole rings is 1. The number of nitrogens with zero attached hydrogens (tertiary/aromatic N) is 4. The van der Waals surface area contributed by atoms with Gasteiger partial charge >= 0.3 is 0 Å². The van der Waals surface area contributed by atoms with Crippen molar-refractivity contribution in [2.75, 3.05) is 6.26 Å². The highest BCUT2D eigenvalue weighted by Crippen LogP contribution is 2.20. The lowest BCUT2D eigenvalue weighted by Gasteiger charge is -2.03. The highest BCUT2D eigenvalue weighted by atomic mass is 32.2. The highest BCUT2D eigenvalue weighted by molar-refractivity contribution is 7.90. The van der Waals surface area contributed by atoms with Crippen molar-refractivity contribution in [3.63, 3.8) is 0 Å². The lowest BCUT2D eigenvalue weighted by Crippen LogP contribution is -1.96. The molecule has 6 heteroatoms. The standard InChI is InChI=1S/C12H10N4OS/c1-18(17)10-4-2-9(3-5-10)11-8-16-12(14-11)6-7-13-15-16/h2-8H,1H3. The third-order valence-corrected chi connectivity index (χ3v) is 3.57. The van der Waals surface area contributed by atoms with Crippen LogP contribution in [0.4, 0.5) is 0 Å². The van der Waals surface area contributed by atoms with Crippen LogP contribution in [0.15, 0.2) is 47.6 Å². The summed E-state index contributed by atoms with van der Waals surface area (Å²) >= 11 is -0.956. The fourth-order valence-corrected chi connectivity index (χ4v) is 2.23. The molecule has 1 atom stereocenters. The Kier molecular flexibility index (Phi) is 2.73. The molecule has 0 amide bonds. The Balaban J connectivity index is 2.03. The van der Waals surface area contributed by atoms with E-state index in [1.807, 2.05) is 30.5 Å². The van der Waals surface area contributed by atoms with E-state index in [4.69, 9.17) is 0 Å². The van der Waals surface area contributed by atoms with Crippen LogP contribution < -0.4 is 0 Å². The zero-order valence-corrected chi connectivity index (χ0v) is 10.5. The molecule has 3 rings (SSSR count). The summed E-state index contributed by atoms with van der Waals surface area (Å²) in [5, 5.41) is 7.72. The van der Waals surface area contributed by atoms with Crippen molar-refractivity contribution in [1.82, 2.24) is 19.8 Å². The molecule has 0 radical (unpaired) electrons. The van der Waals surface area contributed by atoms with Gasteiger partial charge in [0.2, 0.25) is 0 Å². The van der Waals surface area contributed by atoms with Crippen molar-refractivity contribution in [2.24, 2.45) is 0 Å². The molecule has 0 fully saturated rings. The predicted molar refractivity (Wildman–Crippen MR) is 68.6 cm³/mol. The Bertz CT molecular complexity index is 645. The molecule has 0 saturated heterocycles. The van der Waals surface area contributed by atoms with Crippen LogP contribution in [0.25, 0.3) is 16.9 Å². The zero-order chi connectivity index (χ0) is 12.5. The van der Waals surface area contributed by atoms with E-state index in [1.54, 1.807) is 23.0 Å². The minimum absolute atomic E-state index is 0.753. The topological polar surface area (TPSA) is 66.1 Å². The van der Waals surface area contributed by atoms with E-state index < -0.39 is 11.2 Å². The van der Waals surface area contributed by atoms with Gasteiger partial charge in [-0.3, -0.25) is 0 Å². The molecule has 0 aliphatic carbocycles. The largest absolute Gasteiger partial charge is 0.612 e. The first-order chi connectivity index (χ1) is 8.74. The lowest BCUT2D eigenvalue weighted by molar-refractivity contribution is 0.601. The molecule has 1 aromatic carbocycles. The number of hydrogen-bond acceptors (Lipinski definition) is 4. The van der Waals surface area contributed by atoms with Crippen molar-refractivity contribution in [3.05, 3.63) is 42.7 Å². The van der Waals surface area contributed by atoms with E-state index in [9.17, 15) is 4.55 Å². The Morgan fingerprint density at radius 2 is 1.94 bits per heavy atom. The summed E-state index contributed by atoms with van der Waals surface area (Å²) in [5.41, 5.74) is 2.54. The van der Waals surface area contributed by atoms with E-state index in [0.717, 1.165) is 21.8 Å². The number of benzene rings is 1. The Labute approximate surface area is 107 Å². The van der Waals surface area contributed by atoms with Crippen molar-refractivity contribution >= 4 is 16.8 Å². The second-order valence-electron chi connectivity index (χ2n) is 3.83. The molecule has 2 aromatic heterocycles. The van der Waals surface area contributed by atoms with E-state index in [0.29, 0.717) is 0 Å². The second-order valence-corrected chi connectivity index (χ2v) is 5.21.